The molecule has 6 rings (SSSR count). The number of esters is 1. The molecule has 0 N–H and O–H groups in total. The molecule has 2 fully saturated rings. The highest BCUT2D eigenvalue weighted by Gasteiger charge is 2.40. The Hall–Kier alpha value is -4.52. The molecule has 12 nitrogen and oxygen atoms in total. The summed E-state index contributed by atoms with van der Waals surface area (Å²) in [6.45, 7) is 13.4. The van der Waals surface area contributed by atoms with Crippen LogP contribution in [0.5, 0.6) is 0 Å². The molecule has 0 aliphatic carbocycles. The largest absolute Gasteiger partial charge is 0.460 e. The van der Waals surface area contributed by atoms with Crippen molar-refractivity contribution < 1.29 is 32.2 Å². The van der Waals surface area contributed by atoms with Crippen molar-refractivity contribution in [2.75, 3.05) is 77.1 Å². The Balaban J connectivity index is 0.875. The number of piperazine rings is 1. The van der Waals surface area contributed by atoms with Crippen LogP contribution in [0.4, 0.5) is 19.0 Å². The second kappa shape index (κ2) is 17.7. The minimum atomic E-state index is -4.59. The van der Waals surface area contributed by atoms with Gasteiger partial charge in [-0.3, -0.25) is 9.69 Å². The van der Waals surface area contributed by atoms with Crippen molar-refractivity contribution in [2.45, 2.75) is 70.6 Å². The molecule has 2 saturated heterocycles. The molecule has 0 spiro atoms. The predicted octanol–water partition coefficient (Wildman–Crippen LogP) is 4.97. The van der Waals surface area contributed by atoms with Crippen LogP contribution in [0.15, 0.2) is 47.7 Å². The zero-order chi connectivity index (χ0) is 38.1. The van der Waals surface area contributed by atoms with Gasteiger partial charge in [0, 0.05) is 76.0 Å². The molecule has 54 heavy (non-hydrogen) atoms. The smallest absolute Gasteiger partial charge is 0.453 e. The average Bonchev–Trinajstić information content (AvgIpc) is 3.60. The van der Waals surface area contributed by atoms with E-state index in [9.17, 15) is 18.0 Å². The summed E-state index contributed by atoms with van der Waals surface area (Å²) < 4.78 is 57.3. The van der Waals surface area contributed by atoms with Gasteiger partial charge < -0.3 is 24.0 Å². The van der Waals surface area contributed by atoms with Crippen molar-refractivity contribution in [2.24, 2.45) is 5.10 Å². The first-order valence-electron chi connectivity index (χ1n) is 18.7. The fraction of sp³-hybridized carbons (Fsp3) is 0.564. The molecule has 0 amide bonds. The number of aromatic nitrogens is 4. The second-order valence-electron chi connectivity index (χ2n) is 14.7. The van der Waals surface area contributed by atoms with Gasteiger partial charge in [-0.15, -0.1) is 10.2 Å². The summed E-state index contributed by atoms with van der Waals surface area (Å²) in [4.78, 5) is 23.2. The Morgan fingerprint density at radius 1 is 0.815 bits per heavy atom. The van der Waals surface area contributed by atoms with Crippen molar-refractivity contribution in [3.8, 4) is 11.8 Å². The Morgan fingerprint density at radius 2 is 1.50 bits per heavy atom. The molecule has 3 aromatic rings. The first-order chi connectivity index (χ1) is 25.9. The topological polar surface area (TPSA) is 110 Å². The first kappa shape index (κ1) is 39.2. The maximum atomic E-state index is 13.3. The normalized spacial score (nSPS) is 17.1. The molecule has 0 bridgehead atoms. The summed E-state index contributed by atoms with van der Waals surface area (Å²) in [6.07, 6.45) is 0.201. The van der Waals surface area contributed by atoms with Crippen LogP contribution >= 0.6 is 0 Å². The Labute approximate surface area is 314 Å². The van der Waals surface area contributed by atoms with Crippen molar-refractivity contribution in [3.05, 3.63) is 70.9 Å². The van der Waals surface area contributed by atoms with E-state index in [1.165, 1.54) is 5.56 Å². The Kier molecular flexibility index (Phi) is 12.9. The minimum Gasteiger partial charge on any atom is -0.460 e. The molecule has 290 valence electrons. The minimum absolute atomic E-state index is 0.239. The average molecular weight is 751 g/mol. The van der Waals surface area contributed by atoms with E-state index in [4.69, 9.17) is 14.2 Å². The highest BCUT2D eigenvalue weighted by atomic mass is 19.4. The van der Waals surface area contributed by atoms with E-state index in [-0.39, 0.29) is 18.2 Å². The van der Waals surface area contributed by atoms with Crippen LogP contribution in [0, 0.1) is 11.8 Å². The summed E-state index contributed by atoms with van der Waals surface area (Å²) in [5.74, 6) is 7.38. The van der Waals surface area contributed by atoms with Crippen LogP contribution in [0.25, 0.3) is 0 Å². The maximum absolute atomic E-state index is 13.3. The molecule has 1 aromatic carbocycles. The standard InChI is InChI=1S/C39H49F3N8O4/c1-38(2,3)54-36(51)16-24-52-26-27-53-25-23-47-19-21-49(22-20-47)33-11-8-30(28-43-33)5-4-29-6-9-31(10-7-29)32-14-17-48(18-15-32)35-13-12-34-44-45-37(39(40,41)42)50(34)46-35/h6-11,28,32H,12-27H2,1-3H3. The highest BCUT2D eigenvalue weighted by molar-refractivity contribution is 5.83. The van der Waals surface area contributed by atoms with Crippen LogP contribution in [0.2, 0.25) is 0 Å². The van der Waals surface area contributed by atoms with Gasteiger partial charge in [0.1, 0.15) is 17.3 Å². The number of nitrogens with zero attached hydrogens (tertiary/aromatic N) is 8. The van der Waals surface area contributed by atoms with Gasteiger partial charge in [0.25, 0.3) is 5.82 Å². The summed E-state index contributed by atoms with van der Waals surface area (Å²) in [6, 6.07) is 12.4. The lowest BCUT2D eigenvalue weighted by Gasteiger charge is -2.35. The van der Waals surface area contributed by atoms with Crippen molar-refractivity contribution in [1.82, 2.24) is 29.7 Å². The monoisotopic (exact) mass is 750 g/mol. The third kappa shape index (κ3) is 11.0. The van der Waals surface area contributed by atoms with Crippen LogP contribution in [-0.2, 0) is 31.6 Å². The number of fused-ring (bicyclic) bond motifs is 1. The van der Waals surface area contributed by atoms with Gasteiger partial charge in [0.2, 0.25) is 0 Å². The van der Waals surface area contributed by atoms with Gasteiger partial charge in [0.05, 0.1) is 32.8 Å². The number of benzene rings is 1. The van der Waals surface area contributed by atoms with E-state index in [1.54, 1.807) is 0 Å². The lowest BCUT2D eigenvalue weighted by atomic mass is 9.89. The van der Waals surface area contributed by atoms with Crippen LogP contribution < -0.4 is 4.90 Å². The van der Waals surface area contributed by atoms with Gasteiger partial charge in [0.15, 0.2) is 5.82 Å². The molecule has 15 heteroatoms. The van der Waals surface area contributed by atoms with Gasteiger partial charge >= 0.3 is 12.1 Å². The molecule has 0 atom stereocenters. The van der Waals surface area contributed by atoms with Crippen molar-refractivity contribution >= 4 is 17.6 Å². The van der Waals surface area contributed by atoms with E-state index in [1.807, 2.05) is 51.2 Å². The summed E-state index contributed by atoms with van der Waals surface area (Å²) in [5, 5.41) is 11.3. The number of alkyl halides is 3. The van der Waals surface area contributed by atoms with Gasteiger partial charge in [-0.05, 0) is 69.4 Å². The summed E-state index contributed by atoms with van der Waals surface area (Å²) in [7, 11) is 0. The lowest BCUT2D eigenvalue weighted by molar-refractivity contribution is -0.156. The van der Waals surface area contributed by atoms with Gasteiger partial charge in [-0.2, -0.15) is 22.9 Å². The number of rotatable bonds is 11. The van der Waals surface area contributed by atoms with E-state index in [0.717, 1.165) is 80.3 Å². The molecule has 3 aliphatic rings. The number of aryl methyl sites for hydroxylation is 1. The predicted molar refractivity (Wildman–Crippen MR) is 197 cm³/mol. The molecule has 3 aliphatic heterocycles. The molecule has 0 saturated carbocycles. The van der Waals surface area contributed by atoms with Crippen LogP contribution in [0.1, 0.15) is 80.7 Å². The maximum Gasteiger partial charge on any atom is 0.453 e. The van der Waals surface area contributed by atoms with Crippen LogP contribution in [-0.4, -0.2) is 119 Å². The molecule has 0 radical (unpaired) electrons. The zero-order valence-corrected chi connectivity index (χ0v) is 31.3. The second-order valence-corrected chi connectivity index (χ2v) is 14.7. The molecular formula is C39H49F3N8O4. The van der Waals surface area contributed by atoms with Crippen LogP contribution in [0.3, 0.4) is 0 Å². The van der Waals surface area contributed by atoms with Crippen molar-refractivity contribution in [3.63, 3.8) is 0 Å². The fourth-order valence-electron chi connectivity index (χ4n) is 6.73. The number of carbonyl (C=O) groups excluding carboxylic acids is 1. The number of likely N-dealkylation sites (tertiary alicyclic amines) is 1. The van der Waals surface area contributed by atoms with Gasteiger partial charge in [-0.25, -0.2) is 4.98 Å². The highest BCUT2D eigenvalue weighted by Crippen LogP contribution is 2.32. The number of piperidine rings is 1. The number of ether oxygens (including phenoxy) is 3. The number of halogens is 3. The first-order valence-corrected chi connectivity index (χ1v) is 18.7. The lowest BCUT2D eigenvalue weighted by Crippen LogP contribution is -2.47. The number of amidine groups is 1. The van der Waals surface area contributed by atoms with E-state index in [0.29, 0.717) is 51.0 Å². The fourth-order valence-corrected chi connectivity index (χ4v) is 6.73. The molecule has 2 aromatic heterocycles. The number of anilines is 1. The quantitative estimate of drug-likeness (QED) is 0.152. The van der Waals surface area contributed by atoms with E-state index < -0.39 is 17.6 Å². The number of hydrogen-bond acceptors (Lipinski definition) is 11. The molecule has 5 heterocycles. The number of carbonyl (C=O) groups is 1. The SMILES string of the molecule is CC(C)(C)OC(=O)CCOCCOCCN1CCN(c2ccc(C#Cc3ccc(C4CCN(C5=Nn6c(nnc6C(F)(F)F)CC5)CC4)cc3)cn2)CC1. The third-order valence-corrected chi connectivity index (χ3v) is 9.58. The Bertz CT molecular complexity index is 1780. The van der Waals surface area contributed by atoms with Gasteiger partial charge in [-0.1, -0.05) is 24.0 Å². The van der Waals surface area contributed by atoms with E-state index >= 15 is 0 Å². The summed E-state index contributed by atoms with van der Waals surface area (Å²) in [5.41, 5.74) is 2.54. The molecular weight excluding hydrogens is 701 g/mol. The van der Waals surface area contributed by atoms with E-state index in [2.05, 4.69) is 59.0 Å². The number of pyridine rings is 1. The third-order valence-electron chi connectivity index (χ3n) is 9.58. The Morgan fingerprint density at radius 3 is 2.17 bits per heavy atom. The zero-order valence-electron chi connectivity index (χ0n) is 31.3. The molecule has 0 unspecified atom stereocenters. The summed E-state index contributed by atoms with van der Waals surface area (Å²) >= 11 is 0. The van der Waals surface area contributed by atoms with Crippen molar-refractivity contribution in [1.29, 1.82) is 0 Å². The number of hydrogen-bond donors (Lipinski definition) is 0.